The van der Waals surface area contributed by atoms with Gasteiger partial charge in [0, 0.05) is 10.7 Å². The molecule has 2 aromatic carbocycles. The van der Waals surface area contributed by atoms with Crippen LogP contribution in [0.3, 0.4) is 0 Å². The Morgan fingerprint density at radius 2 is 2.10 bits per heavy atom. The second kappa shape index (κ2) is 6.39. The highest BCUT2D eigenvalue weighted by atomic mass is 35.5. The highest BCUT2D eigenvalue weighted by molar-refractivity contribution is 6.30. The summed E-state index contributed by atoms with van der Waals surface area (Å²) >= 11 is 5.81. The molecule has 1 N–H and O–H groups in total. The van der Waals surface area contributed by atoms with Crippen LogP contribution in [-0.4, -0.2) is 12.5 Å². The Kier molecular flexibility index (Phi) is 4.58. The molecule has 0 radical (unpaired) electrons. The quantitative estimate of drug-likeness (QED) is 0.931. The van der Waals surface area contributed by atoms with Crippen LogP contribution in [0, 0.1) is 12.7 Å². The second-order valence-corrected chi connectivity index (χ2v) is 4.72. The van der Waals surface area contributed by atoms with E-state index in [9.17, 15) is 9.18 Å². The van der Waals surface area contributed by atoms with Crippen molar-refractivity contribution in [1.29, 1.82) is 0 Å². The molecule has 0 unspecified atom stereocenters. The van der Waals surface area contributed by atoms with Crippen molar-refractivity contribution in [2.75, 3.05) is 11.9 Å². The van der Waals surface area contributed by atoms with Crippen LogP contribution in [0.25, 0.3) is 0 Å². The van der Waals surface area contributed by atoms with Gasteiger partial charge in [-0.25, -0.2) is 4.39 Å². The summed E-state index contributed by atoms with van der Waals surface area (Å²) in [6.07, 6.45) is 0. The highest BCUT2D eigenvalue weighted by Crippen LogP contribution is 2.18. The van der Waals surface area contributed by atoms with E-state index in [0.29, 0.717) is 10.7 Å². The fourth-order valence-electron chi connectivity index (χ4n) is 1.63. The summed E-state index contributed by atoms with van der Waals surface area (Å²) in [6, 6.07) is 11.2. The first kappa shape index (κ1) is 14.3. The Hall–Kier alpha value is -2.07. The van der Waals surface area contributed by atoms with Gasteiger partial charge in [0.05, 0.1) is 0 Å². The number of amides is 1. The van der Waals surface area contributed by atoms with Gasteiger partial charge in [0.2, 0.25) is 0 Å². The van der Waals surface area contributed by atoms with Crippen LogP contribution in [0.15, 0.2) is 42.5 Å². The van der Waals surface area contributed by atoms with Gasteiger partial charge in [0.25, 0.3) is 5.91 Å². The fraction of sp³-hybridized carbons (Fsp3) is 0.133. The predicted molar refractivity (Wildman–Crippen MR) is 76.7 cm³/mol. The van der Waals surface area contributed by atoms with E-state index in [-0.39, 0.29) is 18.3 Å². The van der Waals surface area contributed by atoms with Crippen molar-refractivity contribution < 1.29 is 13.9 Å². The summed E-state index contributed by atoms with van der Waals surface area (Å²) in [5.74, 6) is -0.814. The number of hydrogen-bond acceptors (Lipinski definition) is 2. The van der Waals surface area contributed by atoms with Crippen molar-refractivity contribution >= 4 is 23.2 Å². The first-order chi connectivity index (χ1) is 9.54. The summed E-state index contributed by atoms with van der Waals surface area (Å²) < 4.78 is 18.6. The first-order valence-electron chi connectivity index (χ1n) is 5.99. The van der Waals surface area contributed by atoms with Gasteiger partial charge in [-0.1, -0.05) is 23.7 Å². The molecule has 0 spiro atoms. The molecule has 2 aromatic rings. The molecular weight excluding hydrogens is 281 g/mol. The number of halogens is 2. The van der Waals surface area contributed by atoms with E-state index in [2.05, 4.69) is 5.32 Å². The summed E-state index contributed by atoms with van der Waals surface area (Å²) in [5.41, 5.74) is 1.42. The lowest BCUT2D eigenvalue weighted by molar-refractivity contribution is -0.118. The monoisotopic (exact) mass is 293 g/mol. The Morgan fingerprint density at radius 3 is 2.85 bits per heavy atom. The number of carbonyl (C=O) groups is 1. The maximum absolute atomic E-state index is 13.4. The van der Waals surface area contributed by atoms with Crippen molar-refractivity contribution in [2.45, 2.75) is 6.92 Å². The van der Waals surface area contributed by atoms with Crippen LogP contribution in [0.4, 0.5) is 10.1 Å². The van der Waals surface area contributed by atoms with Crippen LogP contribution in [0.5, 0.6) is 5.75 Å². The molecule has 0 atom stereocenters. The van der Waals surface area contributed by atoms with E-state index in [1.165, 1.54) is 6.07 Å². The Labute approximate surface area is 121 Å². The van der Waals surface area contributed by atoms with Crippen molar-refractivity contribution in [3.63, 3.8) is 0 Å². The third kappa shape index (κ3) is 3.96. The zero-order chi connectivity index (χ0) is 14.5. The topological polar surface area (TPSA) is 38.3 Å². The molecule has 0 bridgehead atoms. The second-order valence-electron chi connectivity index (χ2n) is 4.28. The van der Waals surface area contributed by atoms with Gasteiger partial charge in [0.1, 0.15) is 0 Å². The molecular formula is C15H13ClFNO2. The van der Waals surface area contributed by atoms with Gasteiger partial charge in [-0.15, -0.1) is 0 Å². The van der Waals surface area contributed by atoms with E-state index in [1.807, 2.05) is 6.92 Å². The average Bonchev–Trinajstić information content (AvgIpc) is 2.40. The standard InChI is InChI=1S/C15H13ClFNO2/c1-10-5-6-13(17)14(7-10)20-9-15(19)18-12-4-2-3-11(16)8-12/h2-8H,9H2,1H3,(H,18,19). The number of benzene rings is 2. The number of rotatable bonds is 4. The largest absolute Gasteiger partial charge is 0.481 e. The Balaban J connectivity index is 1.94. The average molecular weight is 294 g/mol. The Morgan fingerprint density at radius 1 is 1.30 bits per heavy atom. The SMILES string of the molecule is Cc1ccc(F)c(OCC(=O)Nc2cccc(Cl)c2)c1. The van der Waals surface area contributed by atoms with Gasteiger partial charge in [-0.05, 0) is 42.8 Å². The number of hydrogen-bond donors (Lipinski definition) is 1. The van der Waals surface area contributed by atoms with E-state index in [1.54, 1.807) is 36.4 Å². The lowest BCUT2D eigenvalue weighted by atomic mass is 10.2. The van der Waals surface area contributed by atoms with Crippen LogP contribution in [0.1, 0.15) is 5.56 Å². The summed E-state index contributed by atoms with van der Waals surface area (Å²) in [4.78, 5) is 11.7. The molecule has 0 aliphatic heterocycles. The third-order valence-electron chi connectivity index (χ3n) is 2.55. The fourth-order valence-corrected chi connectivity index (χ4v) is 1.82. The zero-order valence-corrected chi connectivity index (χ0v) is 11.6. The minimum atomic E-state index is -0.494. The predicted octanol–water partition coefficient (Wildman–Crippen LogP) is 3.81. The molecule has 0 saturated carbocycles. The van der Waals surface area contributed by atoms with Crippen molar-refractivity contribution in [3.8, 4) is 5.75 Å². The lowest BCUT2D eigenvalue weighted by Gasteiger charge is -2.09. The van der Waals surface area contributed by atoms with E-state index < -0.39 is 5.82 Å². The number of ether oxygens (including phenoxy) is 1. The number of carbonyl (C=O) groups excluding carboxylic acids is 1. The molecule has 0 aromatic heterocycles. The van der Waals surface area contributed by atoms with Crippen molar-refractivity contribution in [3.05, 3.63) is 58.9 Å². The maximum atomic E-state index is 13.4. The normalized spacial score (nSPS) is 10.2. The molecule has 20 heavy (non-hydrogen) atoms. The third-order valence-corrected chi connectivity index (χ3v) is 2.79. The van der Waals surface area contributed by atoms with E-state index in [4.69, 9.17) is 16.3 Å². The molecule has 2 rings (SSSR count). The van der Waals surface area contributed by atoms with Crippen LogP contribution >= 0.6 is 11.6 Å². The van der Waals surface area contributed by atoms with Crippen molar-refractivity contribution in [1.82, 2.24) is 0 Å². The zero-order valence-electron chi connectivity index (χ0n) is 10.8. The highest BCUT2D eigenvalue weighted by Gasteiger charge is 2.07. The molecule has 0 heterocycles. The molecule has 0 fully saturated rings. The maximum Gasteiger partial charge on any atom is 0.262 e. The smallest absolute Gasteiger partial charge is 0.262 e. The minimum Gasteiger partial charge on any atom is -0.481 e. The van der Waals surface area contributed by atoms with Gasteiger partial charge < -0.3 is 10.1 Å². The summed E-state index contributed by atoms with van der Waals surface area (Å²) in [7, 11) is 0. The number of nitrogens with one attached hydrogen (secondary N) is 1. The van der Waals surface area contributed by atoms with Gasteiger partial charge in [-0.2, -0.15) is 0 Å². The van der Waals surface area contributed by atoms with Crippen LogP contribution in [-0.2, 0) is 4.79 Å². The van der Waals surface area contributed by atoms with Crippen LogP contribution < -0.4 is 10.1 Å². The summed E-state index contributed by atoms with van der Waals surface area (Å²) in [6.45, 7) is 1.55. The molecule has 0 aliphatic rings. The number of aryl methyl sites for hydroxylation is 1. The molecule has 0 saturated heterocycles. The first-order valence-corrected chi connectivity index (χ1v) is 6.37. The lowest BCUT2D eigenvalue weighted by Crippen LogP contribution is -2.20. The minimum absolute atomic E-state index is 0.0613. The Bertz CT molecular complexity index is 631. The van der Waals surface area contributed by atoms with Crippen molar-refractivity contribution in [2.24, 2.45) is 0 Å². The van der Waals surface area contributed by atoms with Gasteiger partial charge >= 0.3 is 0 Å². The molecule has 1 amide bonds. The summed E-state index contributed by atoms with van der Waals surface area (Å²) in [5, 5.41) is 3.14. The molecule has 0 aliphatic carbocycles. The van der Waals surface area contributed by atoms with E-state index in [0.717, 1.165) is 5.56 Å². The molecule has 3 nitrogen and oxygen atoms in total. The van der Waals surface area contributed by atoms with E-state index >= 15 is 0 Å². The van der Waals surface area contributed by atoms with Gasteiger partial charge in [-0.3, -0.25) is 4.79 Å². The molecule has 5 heteroatoms. The van der Waals surface area contributed by atoms with Crippen LogP contribution in [0.2, 0.25) is 5.02 Å². The van der Waals surface area contributed by atoms with Gasteiger partial charge in [0.15, 0.2) is 18.2 Å². The number of anilines is 1. The molecule has 104 valence electrons.